The lowest BCUT2D eigenvalue weighted by atomic mass is 9.85. The molecule has 1 aromatic carbocycles. The summed E-state index contributed by atoms with van der Waals surface area (Å²) in [6, 6.07) is 8.48. The molecular formula is C16H23NO3. The summed E-state index contributed by atoms with van der Waals surface area (Å²) in [4.78, 5) is 11.1. The molecule has 1 aliphatic rings. The van der Waals surface area contributed by atoms with Gasteiger partial charge in [-0.2, -0.15) is 0 Å². The van der Waals surface area contributed by atoms with Gasteiger partial charge in [0.1, 0.15) is 5.75 Å². The van der Waals surface area contributed by atoms with E-state index in [1.54, 1.807) is 7.11 Å². The summed E-state index contributed by atoms with van der Waals surface area (Å²) in [6.07, 6.45) is 3.57. The molecule has 1 saturated carbocycles. The number of hydrogen-bond donors (Lipinski definition) is 2. The van der Waals surface area contributed by atoms with Crippen molar-refractivity contribution in [2.24, 2.45) is 5.92 Å². The predicted molar refractivity (Wildman–Crippen MR) is 77.9 cm³/mol. The van der Waals surface area contributed by atoms with Crippen molar-refractivity contribution in [1.29, 1.82) is 0 Å². The fourth-order valence-corrected chi connectivity index (χ4v) is 2.93. The molecule has 3 atom stereocenters. The minimum Gasteiger partial charge on any atom is -0.497 e. The Morgan fingerprint density at radius 1 is 1.45 bits per heavy atom. The summed E-state index contributed by atoms with van der Waals surface area (Å²) in [6.45, 7) is 2.11. The lowest BCUT2D eigenvalue weighted by molar-refractivity contribution is -0.143. The first-order valence-corrected chi connectivity index (χ1v) is 7.23. The summed E-state index contributed by atoms with van der Waals surface area (Å²) >= 11 is 0. The molecule has 110 valence electrons. The smallest absolute Gasteiger partial charge is 0.306 e. The summed E-state index contributed by atoms with van der Waals surface area (Å²) in [7, 11) is 1.66. The monoisotopic (exact) mass is 277 g/mol. The van der Waals surface area contributed by atoms with E-state index in [0.29, 0.717) is 0 Å². The maximum absolute atomic E-state index is 11.1. The zero-order valence-electron chi connectivity index (χ0n) is 12.1. The van der Waals surface area contributed by atoms with Crippen LogP contribution in [0.4, 0.5) is 0 Å². The number of carbonyl (C=O) groups is 1. The summed E-state index contributed by atoms with van der Waals surface area (Å²) < 4.78 is 5.24. The van der Waals surface area contributed by atoms with E-state index < -0.39 is 5.97 Å². The Kier molecular flexibility index (Phi) is 5.01. The van der Waals surface area contributed by atoms with Gasteiger partial charge in [-0.05, 0) is 43.9 Å². The minimum absolute atomic E-state index is 0.196. The molecule has 0 aliphatic heterocycles. The summed E-state index contributed by atoms with van der Waals surface area (Å²) in [5.41, 5.74) is 1.17. The molecule has 4 heteroatoms. The number of carboxylic acids is 1. The van der Waals surface area contributed by atoms with Crippen LogP contribution in [0.2, 0.25) is 0 Å². The Morgan fingerprint density at radius 2 is 2.25 bits per heavy atom. The average molecular weight is 277 g/mol. The van der Waals surface area contributed by atoms with Crippen LogP contribution >= 0.6 is 0 Å². The molecule has 0 bridgehead atoms. The van der Waals surface area contributed by atoms with Crippen molar-refractivity contribution in [1.82, 2.24) is 5.32 Å². The summed E-state index contributed by atoms with van der Waals surface area (Å²) in [5.74, 6) is -0.00694. The van der Waals surface area contributed by atoms with E-state index in [9.17, 15) is 4.79 Å². The first kappa shape index (κ1) is 14.9. The van der Waals surface area contributed by atoms with Gasteiger partial charge in [-0.3, -0.25) is 4.79 Å². The number of hydrogen-bond acceptors (Lipinski definition) is 3. The maximum atomic E-state index is 11.1. The second-order valence-corrected chi connectivity index (χ2v) is 5.56. The van der Waals surface area contributed by atoms with E-state index in [2.05, 4.69) is 18.3 Å². The van der Waals surface area contributed by atoms with E-state index in [1.807, 2.05) is 18.2 Å². The van der Waals surface area contributed by atoms with Crippen LogP contribution in [0, 0.1) is 5.92 Å². The normalized spacial score (nSPS) is 24.1. The van der Waals surface area contributed by atoms with Crippen molar-refractivity contribution < 1.29 is 14.6 Å². The number of carboxylic acid groups (broad SMARTS) is 1. The molecule has 1 fully saturated rings. The lowest BCUT2D eigenvalue weighted by Crippen LogP contribution is -2.37. The van der Waals surface area contributed by atoms with Gasteiger partial charge in [-0.1, -0.05) is 18.6 Å². The Hall–Kier alpha value is -1.55. The van der Waals surface area contributed by atoms with Crippen LogP contribution in [-0.2, 0) is 4.79 Å². The van der Waals surface area contributed by atoms with Crippen LogP contribution in [0.25, 0.3) is 0 Å². The molecule has 1 aliphatic carbocycles. The van der Waals surface area contributed by atoms with Crippen LogP contribution in [0.1, 0.15) is 44.2 Å². The topological polar surface area (TPSA) is 58.6 Å². The standard InChI is InChI=1S/C16H23NO3/c1-11(12-5-4-8-15(10-12)20-2)17-14-7-3-6-13(9-14)16(18)19/h4-5,8,10-11,13-14,17H,3,6-7,9H2,1-2H3,(H,18,19). The molecule has 0 aromatic heterocycles. The summed E-state index contributed by atoms with van der Waals surface area (Å²) in [5, 5.41) is 12.7. The first-order chi connectivity index (χ1) is 9.60. The number of ether oxygens (including phenoxy) is 1. The molecule has 2 N–H and O–H groups in total. The van der Waals surface area contributed by atoms with Gasteiger partial charge < -0.3 is 15.2 Å². The highest BCUT2D eigenvalue weighted by Gasteiger charge is 2.27. The third-order valence-electron chi connectivity index (χ3n) is 4.10. The first-order valence-electron chi connectivity index (χ1n) is 7.23. The molecule has 20 heavy (non-hydrogen) atoms. The van der Waals surface area contributed by atoms with E-state index in [4.69, 9.17) is 9.84 Å². The number of rotatable bonds is 5. The average Bonchev–Trinajstić information content (AvgIpc) is 2.47. The number of methoxy groups -OCH3 is 1. The molecular weight excluding hydrogens is 254 g/mol. The Morgan fingerprint density at radius 3 is 2.95 bits per heavy atom. The van der Waals surface area contributed by atoms with E-state index >= 15 is 0 Å². The van der Waals surface area contributed by atoms with Crippen molar-refractivity contribution >= 4 is 5.97 Å². The molecule has 0 saturated heterocycles. The second kappa shape index (κ2) is 6.75. The van der Waals surface area contributed by atoms with Gasteiger partial charge in [0.15, 0.2) is 0 Å². The molecule has 2 rings (SSSR count). The van der Waals surface area contributed by atoms with E-state index in [1.165, 1.54) is 5.56 Å². The van der Waals surface area contributed by atoms with Crippen molar-refractivity contribution in [2.45, 2.75) is 44.7 Å². The molecule has 0 heterocycles. The van der Waals surface area contributed by atoms with Gasteiger partial charge in [0.2, 0.25) is 0 Å². The third-order valence-corrected chi connectivity index (χ3v) is 4.10. The van der Waals surface area contributed by atoms with Gasteiger partial charge in [0.05, 0.1) is 13.0 Å². The number of nitrogens with one attached hydrogen (secondary N) is 1. The van der Waals surface area contributed by atoms with Crippen LogP contribution in [-0.4, -0.2) is 24.2 Å². The molecule has 4 nitrogen and oxygen atoms in total. The predicted octanol–water partition coefficient (Wildman–Crippen LogP) is 2.99. The fraction of sp³-hybridized carbons (Fsp3) is 0.562. The quantitative estimate of drug-likeness (QED) is 0.868. The minimum atomic E-state index is -0.662. The highest BCUT2D eigenvalue weighted by molar-refractivity contribution is 5.70. The van der Waals surface area contributed by atoms with Crippen LogP contribution in [0.3, 0.4) is 0 Å². The lowest BCUT2D eigenvalue weighted by Gasteiger charge is -2.30. The van der Waals surface area contributed by atoms with Gasteiger partial charge >= 0.3 is 5.97 Å². The third kappa shape index (κ3) is 3.73. The zero-order chi connectivity index (χ0) is 14.5. The number of benzene rings is 1. The fourth-order valence-electron chi connectivity index (χ4n) is 2.93. The van der Waals surface area contributed by atoms with Crippen molar-refractivity contribution in [3.63, 3.8) is 0 Å². The maximum Gasteiger partial charge on any atom is 0.306 e. The van der Waals surface area contributed by atoms with Crippen molar-refractivity contribution in [3.05, 3.63) is 29.8 Å². The SMILES string of the molecule is COc1cccc(C(C)NC2CCCC(C(=O)O)C2)c1. The highest BCUT2D eigenvalue weighted by atomic mass is 16.5. The van der Waals surface area contributed by atoms with Crippen LogP contribution < -0.4 is 10.1 Å². The van der Waals surface area contributed by atoms with E-state index in [-0.39, 0.29) is 18.0 Å². The number of aliphatic carboxylic acids is 1. The molecule has 3 unspecified atom stereocenters. The molecule has 0 spiro atoms. The molecule has 1 aromatic rings. The highest BCUT2D eigenvalue weighted by Crippen LogP contribution is 2.27. The van der Waals surface area contributed by atoms with Crippen molar-refractivity contribution in [3.8, 4) is 5.75 Å². The van der Waals surface area contributed by atoms with Gasteiger partial charge in [-0.25, -0.2) is 0 Å². The molecule has 0 radical (unpaired) electrons. The second-order valence-electron chi connectivity index (χ2n) is 5.56. The Bertz CT molecular complexity index is 461. The Balaban J connectivity index is 1.96. The van der Waals surface area contributed by atoms with Crippen LogP contribution in [0.15, 0.2) is 24.3 Å². The van der Waals surface area contributed by atoms with Crippen LogP contribution in [0.5, 0.6) is 5.75 Å². The van der Waals surface area contributed by atoms with Gasteiger partial charge in [-0.15, -0.1) is 0 Å². The van der Waals surface area contributed by atoms with E-state index in [0.717, 1.165) is 31.4 Å². The van der Waals surface area contributed by atoms with Crippen molar-refractivity contribution in [2.75, 3.05) is 7.11 Å². The zero-order valence-corrected chi connectivity index (χ0v) is 12.1. The largest absolute Gasteiger partial charge is 0.497 e. The van der Waals surface area contributed by atoms with Gasteiger partial charge in [0.25, 0.3) is 0 Å². The molecule has 0 amide bonds. The Labute approximate surface area is 120 Å². The van der Waals surface area contributed by atoms with Gasteiger partial charge in [0, 0.05) is 12.1 Å².